The first-order valence-corrected chi connectivity index (χ1v) is 11.3. The second-order valence-corrected chi connectivity index (χ2v) is 8.95. The zero-order valence-electron chi connectivity index (χ0n) is 17.3. The molecule has 0 unspecified atom stereocenters. The van der Waals surface area contributed by atoms with E-state index in [0.717, 1.165) is 9.99 Å². The van der Waals surface area contributed by atoms with Gasteiger partial charge in [0.05, 0.1) is 23.1 Å². The van der Waals surface area contributed by atoms with Crippen molar-refractivity contribution in [2.45, 2.75) is 11.5 Å². The molecule has 3 aromatic carbocycles. The van der Waals surface area contributed by atoms with Gasteiger partial charge in [-0.25, -0.2) is 17.9 Å². The molecule has 0 fully saturated rings. The van der Waals surface area contributed by atoms with Gasteiger partial charge in [-0.3, -0.25) is 4.31 Å². The van der Waals surface area contributed by atoms with Crippen LogP contribution in [0.4, 0.5) is 5.69 Å². The lowest BCUT2D eigenvalue weighted by atomic mass is 10.2. The molecular formula is C24H21N3O4S. The topological polar surface area (TPSA) is 81.5 Å². The molecule has 4 rings (SSSR count). The van der Waals surface area contributed by atoms with Crippen molar-refractivity contribution >= 4 is 21.7 Å². The van der Waals surface area contributed by atoms with Gasteiger partial charge in [0.25, 0.3) is 10.0 Å². The highest BCUT2D eigenvalue weighted by molar-refractivity contribution is 7.92. The van der Waals surface area contributed by atoms with Crippen LogP contribution < -0.4 is 4.31 Å². The first kappa shape index (κ1) is 21.3. The maximum absolute atomic E-state index is 13.2. The van der Waals surface area contributed by atoms with Crippen LogP contribution in [0, 0.1) is 0 Å². The summed E-state index contributed by atoms with van der Waals surface area (Å²) in [5.41, 5.74) is 2.03. The summed E-state index contributed by atoms with van der Waals surface area (Å²) in [4.78, 5) is 12.7. The van der Waals surface area contributed by atoms with Crippen molar-refractivity contribution in [3.05, 3.63) is 108 Å². The van der Waals surface area contributed by atoms with E-state index < -0.39 is 16.0 Å². The van der Waals surface area contributed by atoms with Gasteiger partial charge in [-0.1, -0.05) is 48.5 Å². The van der Waals surface area contributed by atoms with Crippen LogP contribution in [0.1, 0.15) is 15.9 Å². The molecule has 0 aliphatic carbocycles. The van der Waals surface area contributed by atoms with Crippen molar-refractivity contribution in [3.63, 3.8) is 0 Å². The minimum absolute atomic E-state index is 0.0225. The van der Waals surface area contributed by atoms with Crippen LogP contribution in [-0.2, 0) is 21.4 Å². The fraction of sp³-hybridized carbons (Fsp3) is 0.0833. The predicted octanol–water partition coefficient (Wildman–Crippen LogP) is 4.05. The summed E-state index contributed by atoms with van der Waals surface area (Å²) in [5, 5.41) is 4.27. The lowest BCUT2D eigenvalue weighted by molar-refractivity contribution is 0.0468. The van der Waals surface area contributed by atoms with Crippen LogP contribution in [0.15, 0.2) is 102 Å². The fourth-order valence-corrected chi connectivity index (χ4v) is 4.54. The van der Waals surface area contributed by atoms with Crippen LogP contribution in [0.3, 0.4) is 0 Å². The van der Waals surface area contributed by atoms with E-state index in [2.05, 4.69) is 5.10 Å². The van der Waals surface area contributed by atoms with Gasteiger partial charge >= 0.3 is 5.97 Å². The third-order valence-corrected chi connectivity index (χ3v) is 6.74. The van der Waals surface area contributed by atoms with Crippen molar-refractivity contribution in [3.8, 4) is 5.69 Å². The number of esters is 1. The van der Waals surface area contributed by atoms with Gasteiger partial charge < -0.3 is 4.74 Å². The van der Waals surface area contributed by atoms with Crippen LogP contribution >= 0.6 is 0 Å². The van der Waals surface area contributed by atoms with E-state index in [4.69, 9.17) is 4.74 Å². The summed E-state index contributed by atoms with van der Waals surface area (Å²) in [5.74, 6) is -0.724. The van der Waals surface area contributed by atoms with Crippen LogP contribution in [0.2, 0.25) is 0 Å². The fourth-order valence-electron chi connectivity index (χ4n) is 3.17. The molecule has 4 aromatic rings. The van der Waals surface area contributed by atoms with Gasteiger partial charge in [-0.15, -0.1) is 0 Å². The standard InChI is InChI=1S/C24H21N3O4S/c1-26(20-10-4-2-5-11-20)32(29,30)23-15-9-8-14-22(23)24(28)31-18-19-16-25-27(17-19)21-12-6-3-7-13-21/h2-17H,18H2,1H3. The molecule has 0 saturated carbocycles. The highest BCUT2D eigenvalue weighted by Gasteiger charge is 2.27. The number of nitrogens with zero attached hydrogens (tertiary/aromatic N) is 3. The number of para-hydroxylation sites is 2. The lowest BCUT2D eigenvalue weighted by Gasteiger charge is -2.20. The molecule has 0 radical (unpaired) electrons. The first-order chi connectivity index (χ1) is 15.5. The van der Waals surface area contributed by atoms with E-state index in [9.17, 15) is 13.2 Å². The zero-order chi connectivity index (χ0) is 22.6. The maximum Gasteiger partial charge on any atom is 0.339 e. The molecule has 0 saturated heterocycles. The number of benzene rings is 3. The highest BCUT2D eigenvalue weighted by atomic mass is 32.2. The Kier molecular flexibility index (Phi) is 6.04. The quantitative estimate of drug-likeness (QED) is 0.399. The molecule has 1 heterocycles. The van der Waals surface area contributed by atoms with Crippen LogP contribution in [-0.4, -0.2) is 31.2 Å². The van der Waals surface area contributed by atoms with Crippen molar-refractivity contribution in [1.29, 1.82) is 0 Å². The number of carbonyl (C=O) groups is 1. The number of anilines is 1. The lowest BCUT2D eigenvalue weighted by Crippen LogP contribution is -2.28. The summed E-state index contributed by atoms with van der Waals surface area (Å²) in [6, 6.07) is 24.2. The molecule has 0 amide bonds. The monoisotopic (exact) mass is 447 g/mol. The van der Waals surface area contributed by atoms with Crippen molar-refractivity contribution in [2.24, 2.45) is 0 Å². The molecule has 0 spiro atoms. The van der Waals surface area contributed by atoms with E-state index in [-0.39, 0.29) is 17.1 Å². The van der Waals surface area contributed by atoms with Gasteiger partial charge in [0.2, 0.25) is 0 Å². The Morgan fingerprint density at radius 2 is 1.56 bits per heavy atom. The second-order valence-electron chi connectivity index (χ2n) is 7.01. The Morgan fingerprint density at radius 1 is 0.938 bits per heavy atom. The molecule has 32 heavy (non-hydrogen) atoms. The maximum atomic E-state index is 13.2. The summed E-state index contributed by atoms with van der Waals surface area (Å²) in [6.07, 6.45) is 3.36. The van der Waals surface area contributed by atoms with E-state index in [1.807, 2.05) is 30.3 Å². The van der Waals surface area contributed by atoms with Crippen molar-refractivity contribution in [1.82, 2.24) is 9.78 Å². The number of hydrogen-bond acceptors (Lipinski definition) is 5. The Labute approximate surface area is 186 Å². The van der Waals surface area contributed by atoms with E-state index >= 15 is 0 Å². The number of carbonyl (C=O) groups excluding carboxylic acids is 1. The molecule has 1 aromatic heterocycles. The Bertz CT molecular complexity index is 1320. The summed E-state index contributed by atoms with van der Waals surface area (Å²) in [7, 11) is -2.52. The summed E-state index contributed by atoms with van der Waals surface area (Å²) >= 11 is 0. The summed E-state index contributed by atoms with van der Waals surface area (Å²) < 4.78 is 34.6. The number of hydrogen-bond donors (Lipinski definition) is 0. The van der Waals surface area contributed by atoms with Gasteiger partial charge in [0.15, 0.2) is 0 Å². The van der Waals surface area contributed by atoms with Crippen LogP contribution in [0.5, 0.6) is 0 Å². The Balaban J connectivity index is 1.53. The molecule has 0 N–H and O–H groups in total. The smallest absolute Gasteiger partial charge is 0.339 e. The molecule has 0 aliphatic heterocycles. The Morgan fingerprint density at radius 3 is 2.28 bits per heavy atom. The zero-order valence-corrected chi connectivity index (χ0v) is 18.1. The van der Waals surface area contributed by atoms with Gasteiger partial charge in [0, 0.05) is 18.8 Å². The number of aromatic nitrogens is 2. The largest absolute Gasteiger partial charge is 0.457 e. The number of rotatable bonds is 7. The normalized spacial score (nSPS) is 11.2. The average Bonchev–Trinajstić information content (AvgIpc) is 3.32. The third kappa shape index (κ3) is 4.40. The Hall–Kier alpha value is -3.91. The summed E-state index contributed by atoms with van der Waals surface area (Å²) in [6.45, 7) is -0.0332. The molecule has 7 nitrogen and oxygen atoms in total. The molecular weight excluding hydrogens is 426 g/mol. The van der Waals surface area contributed by atoms with Crippen LogP contribution in [0.25, 0.3) is 5.69 Å². The third-order valence-electron chi connectivity index (χ3n) is 4.89. The second kappa shape index (κ2) is 9.07. The highest BCUT2D eigenvalue weighted by Crippen LogP contribution is 2.25. The number of ether oxygens (including phenoxy) is 1. The molecule has 162 valence electrons. The van der Waals surface area contributed by atoms with Crippen molar-refractivity contribution < 1.29 is 17.9 Å². The molecule has 0 aliphatic rings. The first-order valence-electron chi connectivity index (χ1n) is 9.86. The van der Waals surface area contributed by atoms with E-state index in [1.54, 1.807) is 59.5 Å². The molecule has 0 atom stereocenters. The van der Waals surface area contributed by atoms with Crippen molar-refractivity contribution in [2.75, 3.05) is 11.4 Å². The molecule has 8 heteroatoms. The minimum atomic E-state index is -3.97. The van der Waals surface area contributed by atoms with Gasteiger partial charge in [-0.05, 0) is 36.4 Å². The van der Waals surface area contributed by atoms with Gasteiger partial charge in [0.1, 0.15) is 11.5 Å². The average molecular weight is 448 g/mol. The minimum Gasteiger partial charge on any atom is -0.457 e. The van der Waals surface area contributed by atoms with E-state index in [1.165, 1.54) is 19.2 Å². The number of sulfonamides is 1. The molecule has 0 bridgehead atoms. The van der Waals surface area contributed by atoms with Gasteiger partial charge in [-0.2, -0.15) is 5.10 Å². The SMILES string of the molecule is CN(c1ccccc1)S(=O)(=O)c1ccccc1C(=O)OCc1cnn(-c2ccccc2)c1. The predicted molar refractivity (Wildman–Crippen MR) is 121 cm³/mol. The van der Waals surface area contributed by atoms with E-state index in [0.29, 0.717) is 11.3 Å².